The minimum absolute atomic E-state index is 0.239. The van der Waals surface area contributed by atoms with E-state index in [0.29, 0.717) is 18.3 Å². The molecule has 1 saturated carbocycles. The van der Waals surface area contributed by atoms with Crippen molar-refractivity contribution in [1.29, 1.82) is 0 Å². The van der Waals surface area contributed by atoms with Crippen LogP contribution < -0.4 is 11.5 Å². The van der Waals surface area contributed by atoms with Crippen molar-refractivity contribution in [2.24, 2.45) is 11.5 Å². The van der Waals surface area contributed by atoms with E-state index in [9.17, 15) is 4.39 Å². The van der Waals surface area contributed by atoms with Crippen LogP contribution in [0.15, 0.2) is 28.8 Å². The molecule has 1 heterocycles. The number of nitrogens with zero attached hydrogens (tertiary/aromatic N) is 2. The Labute approximate surface area is 122 Å². The smallest absolute Gasteiger partial charge is 0.235 e. The summed E-state index contributed by atoms with van der Waals surface area (Å²) in [6.07, 6.45) is 3.91. The third-order valence-corrected chi connectivity index (χ3v) is 4.19. The molecule has 2 aromatic rings. The minimum atomic E-state index is -0.482. The van der Waals surface area contributed by atoms with E-state index >= 15 is 0 Å². The fourth-order valence-electron chi connectivity index (χ4n) is 2.88. The van der Waals surface area contributed by atoms with Crippen molar-refractivity contribution >= 4 is 0 Å². The summed E-state index contributed by atoms with van der Waals surface area (Å²) in [4.78, 5) is 4.46. The van der Waals surface area contributed by atoms with E-state index in [-0.39, 0.29) is 11.7 Å². The monoisotopic (exact) mass is 290 g/mol. The number of aromatic nitrogens is 2. The van der Waals surface area contributed by atoms with E-state index in [0.717, 1.165) is 31.2 Å². The number of rotatable bonds is 4. The molecule has 0 saturated heterocycles. The summed E-state index contributed by atoms with van der Waals surface area (Å²) in [6.45, 7) is 0.310. The number of halogens is 1. The first-order valence-corrected chi connectivity index (χ1v) is 7.21. The van der Waals surface area contributed by atoms with Gasteiger partial charge < -0.3 is 16.0 Å². The van der Waals surface area contributed by atoms with Gasteiger partial charge in [0.05, 0.1) is 11.5 Å². The van der Waals surface area contributed by atoms with Gasteiger partial charge in [-0.15, -0.1) is 0 Å². The highest BCUT2D eigenvalue weighted by molar-refractivity contribution is 5.26. The lowest BCUT2D eigenvalue weighted by Gasteiger charge is -2.18. The molecule has 1 aliphatic rings. The van der Waals surface area contributed by atoms with Crippen LogP contribution in [0, 0.1) is 5.82 Å². The molecule has 0 radical (unpaired) electrons. The quantitative estimate of drug-likeness (QED) is 0.899. The molecule has 1 fully saturated rings. The lowest BCUT2D eigenvalue weighted by molar-refractivity contribution is 0.342. The first-order chi connectivity index (χ1) is 10.1. The maximum atomic E-state index is 13.0. The van der Waals surface area contributed by atoms with Crippen LogP contribution in [0.3, 0.4) is 0 Å². The zero-order valence-electron chi connectivity index (χ0n) is 11.8. The highest BCUT2D eigenvalue weighted by Gasteiger charge is 2.36. The second kappa shape index (κ2) is 5.54. The number of nitrogens with two attached hydrogens (primary N) is 2. The molecular formula is C15H19FN4O. The predicted octanol–water partition coefficient (Wildman–Crippen LogP) is 2.03. The third kappa shape index (κ3) is 2.69. The van der Waals surface area contributed by atoms with Gasteiger partial charge in [0.15, 0.2) is 5.82 Å². The summed E-state index contributed by atoms with van der Waals surface area (Å²) in [5, 5.41) is 4.04. The van der Waals surface area contributed by atoms with Crippen LogP contribution in [0.1, 0.15) is 48.9 Å². The highest BCUT2D eigenvalue weighted by Crippen LogP contribution is 2.35. The normalized spacial score (nSPS) is 18.8. The molecule has 4 N–H and O–H groups in total. The molecule has 0 bridgehead atoms. The van der Waals surface area contributed by atoms with E-state index < -0.39 is 5.54 Å². The molecule has 6 heteroatoms. The molecule has 1 aromatic carbocycles. The van der Waals surface area contributed by atoms with Gasteiger partial charge in [0, 0.05) is 6.54 Å². The average Bonchev–Trinajstić information content (AvgIpc) is 3.12. The predicted molar refractivity (Wildman–Crippen MR) is 75.9 cm³/mol. The largest absolute Gasteiger partial charge is 0.339 e. The first-order valence-electron chi connectivity index (χ1n) is 7.21. The average molecular weight is 290 g/mol. The Morgan fingerprint density at radius 1 is 1.24 bits per heavy atom. The zero-order chi connectivity index (χ0) is 14.9. The molecule has 5 nitrogen and oxygen atoms in total. The van der Waals surface area contributed by atoms with Gasteiger partial charge in [0.1, 0.15) is 5.82 Å². The maximum absolute atomic E-state index is 13.0. The van der Waals surface area contributed by atoms with E-state index in [1.807, 2.05) is 0 Å². The fraction of sp³-hybridized carbons (Fsp3) is 0.467. The summed E-state index contributed by atoms with van der Waals surface area (Å²) in [5.74, 6) is 0.468. The van der Waals surface area contributed by atoms with Crippen molar-refractivity contribution in [1.82, 2.24) is 10.1 Å². The Balaban J connectivity index is 1.88. The van der Waals surface area contributed by atoms with Crippen molar-refractivity contribution in [2.45, 2.75) is 37.1 Å². The van der Waals surface area contributed by atoms with Crippen LogP contribution >= 0.6 is 0 Å². The van der Waals surface area contributed by atoms with Gasteiger partial charge in [-0.2, -0.15) is 4.98 Å². The fourth-order valence-corrected chi connectivity index (χ4v) is 2.88. The summed E-state index contributed by atoms with van der Waals surface area (Å²) < 4.78 is 18.4. The van der Waals surface area contributed by atoms with Crippen LogP contribution in [0.25, 0.3) is 0 Å². The van der Waals surface area contributed by atoms with Crippen molar-refractivity contribution in [2.75, 3.05) is 6.54 Å². The van der Waals surface area contributed by atoms with Gasteiger partial charge in [0.25, 0.3) is 0 Å². The molecule has 1 aromatic heterocycles. The first kappa shape index (κ1) is 14.2. The number of benzene rings is 1. The Hall–Kier alpha value is -1.79. The number of hydrogen-bond acceptors (Lipinski definition) is 5. The van der Waals surface area contributed by atoms with E-state index in [4.69, 9.17) is 16.0 Å². The Morgan fingerprint density at radius 3 is 2.52 bits per heavy atom. The summed E-state index contributed by atoms with van der Waals surface area (Å²) >= 11 is 0. The molecule has 1 unspecified atom stereocenters. The maximum Gasteiger partial charge on any atom is 0.235 e. The van der Waals surface area contributed by atoms with Gasteiger partial charge in [-0.25, -0.2) is 4.39 Å². The zero-order valence-corrected chi connectivity index (χ0v) is 11.8. The minimum Gasteiger partial charge on any atom is -0.339 e. The van der Waals surface area contributed by atoms with Crippen LogP contribution in [0.2, 0.25) is 0 Å². The van der Waals surface area contributed by atoms with Gasteiger partial charge in [-0.1, -0.05) is 30.1 Å². The van der Waals surface area contributed by atoms with E-state index in [1.165, 1.54) is 12.1 Å². The second-order valence-electron chi connectivity index (χ2n) is 5.66. The second-order valence-corrected chi connectivity index (χ2v) is 5.66. The van der Waals surface area contributed by atoms with Crippen LogP contribution in [0.4, 0.5) is 4.39 Å². The van der Waals surface area contributed by atoms with E-state index in [1.54, 1.807) is 12.1 Å². The van der Waals surface area contributed by atoms with Gasteiger partial charge in [-0.05, 0) is 30.5 Å². The Bertz CT molecular complexity index is 604. The van der Waals surface area contributed by atoms with Crippen LogP contribution in [0.5, 0.6) is 0 Å². The van der Waals surface area contributed by atoms with Gasteiger partial charge >= 0.3 is 0 Å². The molecular weight excluding hydrogens is 271 g/mol. The molecule has 0 spiro atoms. The molecule has 0 aliphatic heterocycles. The SMILES string of the molecule is NCC(c1ccc(F)cc1)c1nc(C2(N)CCCC2)no1. The van der Waals surface area contributed by atoms with Crippen molar-refractivity contribution in [3.8, 4) is 0 Å². The highest BCUT2D eigenvalue weighted by atomic mass is 19.1. The lowest BCUT2D eigenvalue weighted by atomic mass is 9.97. The van der Waals surface area contributed by atoms with Gasteiger partial charge in [-0.3, -0.25) is 0 Å². The molecule has 1 atom stereocenters. The third-order valence-electron chi connectivity index (χ3n) is 4.19. The molecule has 3 rings (SSSR count). The van der Waals surface area contributed by atoms with Crippen molar-refractivity contribution < 1.29 is 8.91 Å². The number of hydrogen-bond donors (Lipinski definition) is 2. The van der Waals surface area contributed by atoms with Crippen molar-refractivity contribution in [3.05, 3.63) is 47.4 Å². The Morgan fingerprint density at radius 2 is 1.90 bits per heavy atom. The summed E-state index contributed by atoms with van der Waals surface area (Å²) in [6, 6.07) is 6.17. The van der Waals surface area contributed by atoms with Crippen LogP contribution in [-0.4, -0.2) is 16.7 Å². The van der Waals surface area contributed by atoms with Crippen molar-refractivity contribution in [3.63, 3.8) is 0 Å². The standard InChI is InChI=1S/C15H19FN4O/c16-11-5-3-10(4-6-11)12(9-17)13-19-14(20-21-13)15(18)7-1-2-8-15/h3-6,12H,1-2,7-9,17-18H2. The van der Waals surface area contributed by atoms with Crippen LogP contribution in [-0.2, 0) is 5.54 Å². The van der Waals surface area contributed by atoms with E-state index in [2.05, 4.69) is 10.1 Å². The topological polar surface area (TPSA) is 91.0 Å². The summed E-state index contributed by atoms with van der Waals surface area (Å²) in [7, 11) is 0. The molecule has 1 aliphatic carbocycles. The molecule has 21 heavy (non-hydrogen) atoms. The molecule has 0 amide bonds. The summed E-state index contributed by atoms with van der Waals surface area (Å²) in [5.41, 5.74) is 12.5. The lowest BCUT2D eigenvalue weighted by Crippen LogP contribution is -2.34. The molecule has 112 valence electrons. The Kier molecular flexibility index (Phi) is 3.73. The van der Waals surface area contributed by atoms with Gasteiger partial charge in [0.2, 0.25) is 5.89 Å².